The molecular formula is C21H22F3N3O2S. The van der Waals surface area contributed by atoms with Crippen LogP contribution in [-0.2, 0) is 17.4 Å². The number of hydrogen-bond acceptors (Lipinski definition) is 5. The van der Waals surface area contributed by atoms with E-state index >= 15 is 0 Å². The summed E-state index contributed by atoms with van der Waals surface area (Å²) in [5.74, 6) is -0.187. The SMILES string of the molecule is Cc1noc2nc(C3CCN(C(=O)[C@H](C)Cc4cccs4)CC3)cc(C(F)(F)F)c12. The summed E-state index contributed by atoms with van der Waals surface area (Å²) in [7, 11) is 0. The summed E-state index contributed by atoms with van der Waals surface area (Å²) in [6.45, 7) is 4.42. The number of aryl methyl sites for hydroxylation is 1. The minimum atomic E-state index is -4.51. The van der Waals surface area contributed by atoms with Gasteiger partial charge in [-0.2, -0.15) is 13.2 Å². The van der Waals surface area contributed by atoms with E-state index in [9.17, 15) is 18.0 Å². The Balaban J connectivity index is 1.47. The van der Waals surface area contributed by atoms with Crippen molar-refractivity contribution in [1.29, 1.82) is 0 Å². The van der Waals surface area contributed by atoms with E-state index in [1.165, 1.54) is 11.8 Å². The molecule has 160 valence electrons. The monoisotopic (exact) mass is 437 g/mol. The Labute approximate surface area is 175 Å². The molecule has 30 heavy (non-hydrogen) atoms. The van der Waals surface area contributed by atoms with Crippen LogP contribution in [-0.4, -0.2) is 34.0 Å². The highest BCUT2D eigenvalue weighted by Crippen LogP contribution is 2.39. The first-order valence-electron chi connectivity index (χ1n) is 9.89. The Morgan fingerprint density at radius 3 is 2.73 bits per heavy atom. The zero-order valence-electron chi connectivity index (χ0n) is 16.7. The number of hydrogen-bond donors (Lipinski definition) is 0. The first-order valence-corrected chi connectivity index (χ1v) is 10.8. The first-order chi connectivity index (χ1) is 14.2. The molecule has 0 N–H and O–H groups in total. The van der Waals surface area contributed by atoms with Crippen LogP contribution in [0.4, 0.5) is 13.2 Å². The van der Waals surface area contributed by atoms with Gasteiger partial charge in [-0.1, -0.05) is 18.1 Å². The van der Waals surface area contributed by atoms with Crippen molar-refractivity contribution in [3.05, 3.63) is 45.4 Å². The van der Waals surface area contributed by atoms with E-state index in [1.807, 2.05) is 29.3 Å². The van der Waals surface area contributed by atoms with E-state index in [4.69, 9.17) is 4.52 Å². The molecule has 0 unspecified atom stereocenters. The molecule has 4 rings (SSSR count). The first kappa shape index (κ1) is 20.8. The third-order valence-corrected chi connectivity index (χ3v) is 6.57. The summed E-state index contributed by atoms with van der Waals surface area (Å²) in [4.78, 5) is 20.1. The topological polar surface area (TPSA) is 59.2 Å². The number of thiophene rings is 1. The molecule has 1 fully saturated rings. The van der Waals surface area contributed by atoms with Crippen molar-refractivity contribution in [3.63, 3.8) is 0 Å². The Morgan fingerprint density at radius 2 is 2.10 bits per heavy atom. The van der Waals surface area contributed by atoms with Crippen molar-refractivity contribution < 1.29 is 22.5 Å². The number of likely N-dealkylation sites (tertiary alicyclic amines) is 1. The molecular weight excluding hydrogens is 415 g/mol. The molecule has 1 aliphatic rings. The summed E-state index contributed by atoms with van der Waals surface area (Å²) in [5, 5.41) is 5.56. The lowest BCUT2D eigenvalue weighted by molar-refractivity contribution is -0.136. The number of alkyl halides is 3. The van der Waals surface area contributed by atoms with E-state index in [-0.39, 0.29) is 34.5 Å². The Kier molecular flexibility index (Phi) is 5.57. The van der Waals surface area contributed by atoms with E-state index in [1.54, 1.807) is 11.3 Å². The lowest BCUT2D eigenvalue weighted by atomic mass is 9.91. The number of pyridine rings is 1. The largest absolute Gasteiger partial charge is 0.417 e. The highest BCUT2D eigenvalue weighted by Gasteiger charge is 2.37. The summed E-state index contributed by atoms with van der Waals surface area (Å²) in [6, 6.07) is 5.11. The van der Waals surface area contributed by atoms with E-state index in [2.05, 4.69) is 10.1 Å². The number of aromatic nitrogens is 2. The minimum absolute atomic E-state index is 0.0822. The van der Waals surface area contributed by atoms with Crippen molar-refractivity contribution in [1.82, 2.24) is 15.0 Å². The zero-order chi connectivity index (χ0) is 21.5. The second-order valence-electron chi connectivity index (χ2n) is 7.82. The van der Waals surface area contributed by atoms with Gasteiger partial charge in [0.1, 0.15) is 0 Å². The number of carbonyl (C=O) groups excluding carboxylic acids is 1. The summed E-state index contributed by atoms with van der Waals surface area (Å²) in [5.41, 5.74) is -0.314. The molecule has 0 saturated carbocycles. The maximum Gasteiger partial charge on any atom is 0.417 e. The number of rotatable bonds is 4. The number of amides is 1. The van der Waals surface area contributed by atoms with Crippen molar-refractivity contribution in [3.8, 4) is 0 Å². The van der Waals surface area contributed by atoms with Gasteiger partial charge in [0.15, 0.2) is 0 Å². The van der Waals surface area contributed by atoms with Crippen LogP contribution < -0.4 is 0 Å². The van der Waals surface area contributed by atoms with Crippen molar-refractivity contribution in [2.45, 2.75) is 45.2 Å². The fourth-order valence-corrected chi connectivity index (χ4v) is 4.91. The zero-order valence-corrected chi connectivity index (χ0v) is 17.5. The standard InChI is InChI=1S/C21H22F3N3O2S/c1-12(10-15-4-3-9-30-15)20(28)27-7-5-14(6-8-27)17-11-16(21(22,23)24)18-13(2)26-29-19(18)25-17/h3-4,9,11-12,14H,5-8,10H2,1-2H3/t12-/m1/s1. The number of nitrogens with zero attached hydrogens (tertiary/aromatic N) is 3. The average molecular weight is 437 g/mol. The van der Waals surface area contributed by atoms with Crippen LogP contribution in [0.2, 0.25) is 0 Å². The third kappa shape index (κ3) is 4.08. The van der Waals surface area contributed by atoms with Gasteiger partial charge < -0.3 is 9.42 Å². The summed E-state index contributed by atoms with van der Waals surface area (Å²) < 4.78 is 45.8. The molecule has 1 saturated heterocycles. The Bertz CT molecular complexity index is 1040. The van der Waals surface area contributed by atoms with Crippen LogP contribution in [0.15, 0.2) is 28.1 Å². The molecule has 0 aromatic carbocycles. The van der Waals surface area contributed by atoms with Crippen molar-refractivity contribution in [2.75, 3.05) is 13.1 Å². The van der Waals surface area contributed by atoms with E-state index in [0.29, 0.717) is 38.0 Å². The fraction of sp³-hybridized carbons (Fsp3) is 0.476. The summed E-state index contributed by atoms with van der Waals surface area (Å²) >= 11 is 1.63. The van der Waals surface area contributed by atoms with Gasteiger partial charge in [-0.15, -0.1) is 11.3 Å². The molecule has 3 aromatic heterocycles. The van der Waals surface area contributed by atoms with Gasteiger partial charge in [-0.05, 0) is 43.7 Å². The predicted octanol–water partition coefficient (Wildman–Crippen LogP) is 5.20. The van der Waals surface area contributed by atoms with Gasteiger partial charge in [0.05, 0.1) is 16.6 Å². The molecule has 0 bridgehead atoms. The van der Waals surface area contributed by atoms with Crippen LogP contribution in [0, 0.1) is 12.8 Å². The molecule has 3 aromatic rings. The lowest BCUT2D eigenvalue weighted by Gasteiger charge is -2.33. The van der Waals surface area contributed by atoms with Gasteiger partial charge in [-0.25, -0.2) is 4.98 Å². The summed E-state index contributed by atoms with van der Waals surface area (Å²) in [6.07, 6.45) is -2.67. The number of halogens is 3. The van der Waals surface area contributed by atoms with Gasteiger partial charge >= 0.3 is 6.18 Å². The molecule has 0 spiro atoms. The molecule has 5 nitrogen and oxygen atoms in total. The number of carbonyl (C=O) groups is 1. The highest BCUT2D eigenvalue weighted by atomic mass is 32.1. The van der Waals surface area contributed by atoms with Crippen molar-refractivity contribution in [2.24, 2.45) is 5.92 Å². The van der Waals surface area contributed by atoms with Gasteiger partial charge in [0.25, 0.3) is 5.71 Å². The van der Waals surface area contributed by atoms with Crippen molar-refractivity contribution >= 4 is 28.3 Å². The molecule has 0 aliphatic carbocycles. The quantitative estimate of drug-likeness (QED) is 0.563. The van der Waals surface area contributed by atoms with Crippen LogP contribution >= 0.6 is 11.3 Å². The van der Waals surface area contributed by atoms with Crippen LogP contribution in [0.3, 0.4) is 0 Å². The third-order valence-electron chi connectivity index (χ3n) is 5.68. The van der Waals surface area contributed by atoms with Gasteiger partial charge in [0, 0.05) is 35.5 Å². The highest BCUT2D eigenvalue weighted by molar-refractivity contribution is 7.09. The molecule has 0 radical (unpaired) electrons. The van der Waals surface area contributed by atoms with Gasteiger partial charge in [0.2, 0.25) is 5.91 Å². The second kappa shape index (κ2) is 8.02. The second-order valence-corrected chi connectivity index (χ2v) is 8.86. The van der Waals surface area contributed by atoms with E-state index < -0.39 is 11.7 Å². The van der Waals surface area contributed by atoms with Crippen LogP contribution in [0.25, 0.3) is 11.1 Å². The molecule has 4 heterocycles. The predicted molar refractivity (Wildman–Crippen MR) is 107 cm³/mol. The molecule has 1 aliphatic heterocycles. The number of piperidine rings is 1. The molecule has 1 atom stereocenters. The smallest absolute Gasteiger partial charge is 0.342 e. The van der Waals surface area contributed by atoms with Crippen LogP contribution in [0.1, 0.15) is 47.5 Å². The van der Waals surface area contributed by atoms with Gasteiger partial charge in [-0.3, -0.25) is 4.79 Å². The van der Waals surface area contributed by atoms with E-state index in [0.717, 1.165) is 6.07 Å². The normalized spacial score (nSPS) is 16.9. The average Bonchev–Trinajstić information content (AvgIpc) is 3.36. The van der Waals surface area contributed by atoms with Crippen LogP contribution in [0.5, 0.6) is 0 Å². The fourth-order valence-electron chi connectivity index (χ4n) is 4.07. The molecule has 1 amide bonds. The Hall–Kier alpha value is -2.42. The lowest BCUT2D eigenvalue weighted by Crippen LogP contribution is -2.41. The molecule has 9 heteroatoms. The maximum absolute atomic E-state index is 13.6. The minimum Gasteiger partial charge on any atom is -0.342 e. The Morgan fingerprint density at radius 1 is 1.37 bits per heavy atom. The number of fused-ring (bicyclic) bond motifs is 1. The maximum atomic E-state index is 13.6.